The topological polar surface area (TPSA) is 76.7 Å². The molecule has 5 rings (SSSR count). The van der Waals surface area contributed by atoms with Crippen molar-refractivity contribution in [2.45, 2.75) is 24.9 Å². The van der Waals surface area contributed by atoms with Gasteiger partial charge in [0.2, 0.25) is 11.8 Å². The molecule has 0 bridgehead atoms. The lowest BCUT2D eigenvalue weighted by atomic mass is 9.98. The molecule has 4 aromatic carbocycles. The standard InChI is InChI=1S/C30H26N2O4/c33-29-27(19-21-11-15-25(16-12-21)35-23-7-3-1-4-8-23)31-30(34)28(32-29)20-22-13-17-26(18-14-22)36-24-9-5-2-6-10-24/h1-18,27-28H,19-20H2,(H,31,34)(H,32,33)/t27-,28-/m0/s1. The van der Waals surface area contributed by atoms with E-state index in [2.05, 4.69) is 10.6 Å². The monoisotopic (exact) mass is 478 g/mol. The lowest BCUT2D eigenvalue weighted by Gasteiger charge is -2.29. The summed E-state index contributed by atoms with van der Waals surface area (Å²) in [5.41, 5.74) is 1.87. The van der Waals surface area contributed by atoms with Crippen molar-refractivity contribution in [2.24, 2.45) is 0 Å². The first-order valence-electron chi connectivity index (χ1n) is 11.9. The summed E-state index contributed by atoms with van der Waals surface area (Å²) in [6.45, 7) is 0. The highest BCUT2D eigenvalue weighted by Crippen LogP contribution is 2.23. The highest BCUT2D eigenvalue weighted by molar-refractivity contribution is 5.97. The molecular weight excluding hydrogens is 452 g/mol. The molecule has 0 aromatic heterocycles. The fourth-order valence-electron chi connectivity index (χ4n) is 4.07. The van der Waals surface area contributed by atoms with Gasteiger partial charge in [-0.3, -0.25) is 9.59 Å². The minimum Gasteiger partial charge on any atom is -0.457 e. The van der Waals surface area contributed by atoms with E-state index in [9.17, 15) is 9.59 Å². The molecule has 6 nitrogen and oxygen atoms in total. The van der Waals surface area contributed by atoms with Gasteiger partial charge in [-0.15, -0.1) is 0 Å². The molecule has 0 aliphatic carbocycles. The zero-order valence-corrected chi connectivity index (χ0v) is 19.6. The highest BCUT2D eigenvalue weighted by Gasteiger charge is 2.33. The normalized spacial score (nSPS) is 17.1. The van der Waals surface area contributed by atoms with Gasteiger partial charge in [0.25, 0.3) is 0 Å². The summed E-state index contributed by atoms with van der Waals surface area (Å²) >= 11 is 0. The van der Waals surface area contributed by atoms with Crippen molar-refractivity contribution in [3.63, 3.8) is 0 Å². The summed E-state index contributed by atoms with van der Waals surface area (Å²) in [6.07, 6.45) is 0.808. The van der Waals surface area contributed by atoms with Gasteiger partial charge in [0.15, 0.2) is 0 Å². The van der Waals surface area contributed by atoms with Crippen LogP contribution in [0.25, 0.3) is 0 Å². The molecule has 2 amide bonds. The number of para-hydroxylation sites is 2. The summed E-state index contributed by atoms with van der Waals surface area (Å²) in [5, 5.41) is 5.75. The maximum Gasteiger partial charge on any atom is 0.243 e. The van der Waals surface area contributed by atoms with Crippen LogP contribution < -0.4 is 20.1 Å². The number of carbonyl (C=O) groups excluding carboxylic acids is 2. The average molecular weight is 479 g/mol. The fourth-order valence-corrected chi connectivity index (χ4v) is 4.07. The summed E-state index contributed by atoms with van der Waals surface area (Å²) in [5.74, 6) is 2.56. The summed E-state index contributed by atoms with van der Waals surface area (Å²) in [4.78, 5) is 25.5. The first kappa shape index (κ1) is 23.2. The first-order valence-corrected chi connectivity index (χ1v) is 11.9. The molecule has 0 spiro atoms. The van der Waals surface area contributed by atoms with Gasteiger partial charge < -0.3 is 20.1 Å². The minimum atomic E-state index is -0.615. The zero-order valence-electron chi connectivity index (χ0n) is 19.6. The molecule has 0 radical (unpaired) electrons. The Morgan fingerprint density at radius 3 is 1.17 bits per heavy atom. The number of carbonyl (C=O) groups is 2. The van der Waals surface area contributed by atoms with Crippen LogP contribution in [-0.2, 0) is 22.4 Å². The Morgan fingerprint density at radius 2 is 0.806 bits per heavy atom. The Kier molecular flexibility index (Phi) is 6.94. The van der Waals surface area contributed by atoms with Crippen molar-refractivity contribution >= 4 is 11.8 Å². The molecule has 0 saturated carbocycles. The number of benzene rings is 4. The van der Waals surface area contributed by atoms with Crippen molar-refractivity contribution in [3.05, 3.63) is 120 Å². The number of piperazine rings is 1. The number of ether oxygens (including phenoxy) is 2. The van der Waals surface area contributed by atoms with Crippen LogP contribution in [0.5, 0.6) is 23.0 Å². The Hall–Kier alpha value is -4.58. The number of rotatable bonds is 8. The molecule has 4 aromatic rings. The lowest BCUT2D eigenvalue weighted by molar-refractivity contribution is -0.136. The van der Waals surface area contributed by atoms with Gasteiger partial charge >= 0.3 is 0 Å². The Bertz CT molecular complexity index is 1200. The first-order chi connectivity index (χ1) is 17.6. The van der Waals surface area contributed by atoms with E-state index < -0.39 is 12.1 Å². The van der Waals surface area contributed by atoms with Crippen LogP contribution in [-0.4, -0.2) is 23.9 Å². The molecule has 1 fully saturated rings. The smallest absolute Gasteiger partial charge is 0.243 e. The molecule has 1 heterocycles. The average Bonchev–Trinajstić information content (AvgIpc) is 2.90. The second-order valence-electron chi connectivity index (χ2n) is 8.65. The zero-order chi connectivity index (χ0) is 24.7. The molecule has 1 aliphatic rings. The maximum absolute atomic E-state index is 12.7. The van der Waals surface area contributed by atoms with E-state index in [-0.39, 0.29) is 11.8 Å². The van der Waals surface area contributed by atoms with Crippen molar-refractivity contribution in [1.29, 1.82) is 0 Å². The van der Waals surface area contributed by atoms with Crippen molar-refractivity contribution in [1.82, 2.24) is 10.6 Å². The molecule has 2 atom stereocenters. The van der Waals surface area contributed by atoms with E-state index in [1.165, 1.54) is 0 Å². The van der Waals surface area contributed by atoms with Gasteiger partial charge in [-0.1, -0.05) is 60.7 Å². The Labute approximate surface area is 209 Å². The third kappa shape index (κ3) is 5.91. The lowest BCUT2D eigenvalue weighted by Crippen LogP contribution is -2.62. The van der Waals surface area contributed by atoms with E-state index in [1.807, 2.05) is 109 Å². The van der Waals surface area contributed by atoms with Gasteiger partial charge in [-0.05, 0) is 59.7 Å². The van der Waals surface area contributed by atoms with Crippen molar-refractivity contribution in [2.75, 3.05) is 0 Å². The van der Waals surface area contributed by atoms with Crippen molar-refractivity contribution in [3.8, 4) is 23.0 Å². The predicted octanol–water partition coefficient (Wildman–Crippen LogP) is 5.04. The SMILES string of the molecule is O=C1N[C@@H](Cc2ccc(Oc3ccccc3)cc2)C(=O)N[C@H]1Cc1ccc(Oc2ccccc2)cc1. The van der Waals surface area contributed by atoms with Crippen molar-refractivity contribution < 1.29 is 19.1 Å². The maximum atomic E-state index is 12.7. The molecular formula is C30H26N2O4. The molecule has 180 valence electrons. The van der Waals surface area contributed by atoms with Gasteiger partial charge in [0.1, 0.15) is 35.1 Å². The summed E-state index contributed by atoms with van der Waals surface area (Å²) in [7, 11) is 0. The van der Waals surface area contributed by atoms with Crippen LogP contribution in [0.1, 0.15) is 11.1 Å². The van der Waals surface area contributed by atoms with Crippen LogP contribution >= 0.6 is 0 Å². The van der Waals surface area contributed by atoms with Gasteiger partial charge in [-0.25, -0.2) is 0 Å². The quantitative estimate of drug-likeness (QED) is 0.372. The van der Waals surface area contributed by atoms with E-state index in [0.717, 1.165) is 22.6 Å². The van der Waals surface area contributed by atoms with Gasteiger partial charge in [0, 0.05) is 12.8 Å². The van der Waals surface area contributed by atoms with Crippen LogP contribution in [0.15, 0.2) is 109 Å². The third-order valence-electron chi connectivity index (χ3n) is 5.95. The number of hydrogen-bond donors (Lipinski definition) is 2. The number of amides is 2. The second kappa shape index (κ2) is 10.8. The Morgan fingerprint density at radius 1 is 0.472 bits per heavy atom. The third-order valence-corrected chi connectivity index (χ3v) is 5.95. The van der Waals surface area contributed by atoms with E-state index >= 15 is 0 Å². The number of nitrogens with one attached hydrogen (secondary N) is 2. The number of hydrogen-bond acceptors (Lipinski definition) is 4. The summed E-state index contributed by atoms with van der Waals surface area (Å²) in [6, 6.07) is 32.9. The molecule has 1 aliphatic heterocycles. The second-order valence-corrected chi connectivity index (χ2v) is 8.65. The molecule has 0 unspecified atom stereocenters. The fraction of sp³-hybridized carbons (Fsp3) is 0.133. The molecule has 6 heteroatoms. The predicted molar refractivity (Wildman–Crippen MR) is 137 cm³/mol. The molecule has 2 N–H and O–H groups in total. The van der Waals surface area contributed by atoms with Crippen LogP contribution in [0.2, 0.25) is 0 Å². The van der Waals surface area contributed by atoms with Crippen LogP contribution in [0.4, 0.5) is 0 Å². The largest absolute Gasteiger partial charge is 0.457 e. The van der Waals surface area contributed by atoms with Gasteiger partial charge in [0.05, 0.1) is 0 Å². The van der Waals surface area contributed by atoms with E-state index in [4.69, 9.17) is 9.47 Å². The van der Waals surface area contributed by atoms with Gasteiger partial charge in [-0.2, -0.15) is 0 Å². The Balaban J connectivity index is 1.14. The molecule has 1 saturated heterocycles. The van der Waals surface area contributed by atoms with E-state index in [1.54, 1.807) is 0 Å². The van der Waals surface area contributed by atoms with Crippen LogP contribution in [0.3, 0.4) is 0 Å². The molecule has 36 heavy (non-hydrogen) atoms. The highest BCUT2D eigenvalue weighted by atomic mass is 16.5. The van der Waals surface area contributed by atoms with Crippen LogP contribution in [0, 0.1) is 0 Å². The summed E-state index contributed by atoms with van der Waals surface area (Å²) < 4.78 is 11.6. The minimum absolute atomic E-state index is 0.187. The van der Waals surface area contributed by atoms with E-state index in [0.29, 0.717) is 24.3 Å².